The van der Waals surface area contributed by atoms with Gasteiger partial charge in [-0.2, -0.15) is 5.10 Å². The largest absolute Gasteiger partial charge is 0.264 e. The molecule has 1 aliphatic carbocycles. The van der Waals surface area contributed by atoms with E-state index in [0.29, 0.717) is 5.92 Å². The van der Waals surface area contributed by atoms with Crippen molar-refractivity contribution in [1.29, 1.82) is 0 Å². The number of pyridine rings is 1. The Labute approximate surface area is 87.8 Å². The first-order chi connectivity index (χ1) is 7.43. The molecule has 0 unspecified atom stereocenters. The minimum atomic E-state index is 0.600. The van der Waals surface area contributed by atoms with Crippen molar-refractivity contribution in [1.82, 2.24) is 20.2 Å². The highest BCUT2D eigenvalue weighted by Crippen LogP contribution is 2.34. The molecule has 2 aromatic rings. The number of aromatic nitrogens is 4. The highest BCUT2D eigenvalue weighted by molar-refractivity contribution is 5.52. The maximum absolute atomic E-state index is 4.50. The first-order valence-electron chi connectivity index (χ1n) is 5.26. The minimum Gasteiger partial charge on any atom is -0.264 e. The SMILES string of the molecule is c1cncc(-c2n[nH]c(C3CCC3)n2)c1. The first kappa shape index (κ1) is 8.59. The molecule has 4 nitrogen and oxygen atoms in total. The topological polar surface area (TPSA) is 54.5 Å². The fraction of sp³-hybridized carbons (Fsp3) is 0.364. The molecule has 76 valence electrons. The highest BCUT2D eigenvalue weighted by atomic mass is 15.2. The molecule has 0 bridgehead atoms. The molecule has 0 aromatic carbocycles. The molecular weight excluding hydrogens is 188 g/mol. The van der Waals surface area contributed by atoms with Gasteiger partial charge in [-0.1, -0.05) is 6.42 Å². The summed E-state index contributed by atoms with van der Waals surface area (Å²) in [5, 5.41) is 7.23. The Morgan fingerprint density at radius 3 is 2.93 bits per heavy atom. The van der Waals surface area contributed by atoms with Crippen LogP contribution in [0.15, 0.2) is 24.5 Å². The second kappa shape index (κ2) is 3.46. The van der Waals surface area contributed by atoms with E-state index in [2.05, 4.69) is 20.2 Å². The van der Waals surface area contributed by atoms with Gasteiger partial charge in [-0.15, -0.1) is 0 Å². The van der Waals surface area contributed by atoms with Gasteiger partial charge in [0.1, 0.15) is 5.82 Å². The summed E-state index contributed by atoms with van der Waals surface area (Å²) in [4.78, 5) is 8.55. The minimum absolute atomic E-state index is 0.600. The number of hydrogen-bond acceptors (Lipinski definition) is 3. The number of H-pyrrole nitrogens is 1. The molecule has 1 aliphatic rings. The average molecular weight is 200 g/mol. The predicted molar refractivity (Wildman–Crippen MR) is 56.2 cm³/mol. The van der Waals surface area contributed by atoms with Crippen molar-refractivity contribution in [2.75, 3.05) is 0 Å². The van der Waals surface area contributed by atoms with Crippen molar-refractivity contribution in [2.45, 2.75) is 25.2 Å². The Morgan fingerprint density at radius 1 is 1.33 bits per heavy atom. The van der Waals surface area contributed by atoms with E-state index in [1.807, 2.05) is 12.1 Å². The zero-order valence-corrected chi connectivity index (χ0v) is 8.35. The summed E-state index contributed by atoms with van der Waals surface area (Å²) < 4.78 is 0. The van der Waals surface area contributed by atoms with E-state index in [1.165, 1.54) is 19.3 Å². The third-order valence-electron chi connectivity index (χ3n) is 2.91. The molecule has 3 rings (SSSR count). The number of hydrogen-bond donors (Lipinski definition) is 1. The summed E-state index contributed by atoms with van der Waals surface area (Å²) in [5.41, 5.74) is 0.972. The van der Waals surface area contributed by atoms with Crippen LogP contribution in [0.3, 0.4) is 0 Å². The van der Waals surface area contributed by atoms with Crippen LogP contribution in [-0.2, 0) is 0 Å². The standard InChI is InChI=1S/C11H12N4/c1-3-8(4-1)10-13-11(15-14-10)9-5-2-6-12-7-9/h2,5-8H,1,3-4H2,(H,13,14,15). The lowest BCUT2D eigenvalue weighted by Gasteiger charge is -2.22. The van der Waals surface area contributed by atoms with Crippen molar-refractivity contribution in [2.24, 2.45) is 0 Å². The molecule has 15 heavy (non-hydrogen) atoms. The third kappa shape index (κ3) is 1.52. The van der Waals surface area contributed by atoms with Crippen LogP contribution in [0.5, 0.6) is 0 Å². The van der Waals surface area contributed by atoms with Crippen LogP contribution in [0, 0.1) is 0 Å². The Morgan fingerprint density at radius 2 is 2.27 bits per heavy atom. The second-order valence-corrected chi connectivity index (χ2v) is 3.91. The van der Waals surface area contributed by atoms with Gasteiger partial charge in [-0.05, 0) is 25.0 Å². The van der Waals surface area contributed by atoms with Crippen LogP contribution in [0.1, 0.15) is 31.0 Å². The fourth-order valence-corrected chi connectivity index (χ4v) is 1.76. The molecule has 4 heteroatoms. The van der Waals surface area contributed by atoms with Crippen LogP contribution >= 0.6 is 0 Å². The smallest absolute Gasteiger partial charge is 0.182 e. The van der Waals surface area contributed by atoms with Gasteiger partial charge in [0.25, 0.3) is 0 Å². The van der Waals surface area contributed by atoms with Crippen molar-refractivity contribution >= 4 is 0 Å². The van der Waals surface area contributed by atoms with E-state index >= 15 is 0 Å². The van der Waals surface area contributed by atoms with Crippen molar-refractivity contribution in [3.8, 4) is 11.4 Å². The second-order valence-electron chi connectivity index (χ2n) is 3.91. The van der Waals surface area contributed by atoms with Crippen molar-refractivity contribution < 1.29 is 0 Å². The van der Waals surface area contributed by atoms with Gasteiger partial charge in [0.05, 0.1) is 0 Å². The Hall–Kier alpha value is -1.71. The molecule has 1 saturated carbocycles. The summed E-state index contributed by atoms with van der Waals surface area (Å²) in [6, 6.07) is 3.87. The average Bonchev–Trinajstić information content (AvgIpc) is 2.66. The molecular formula is C11H12N4. The van der Waals surface area contributed by atoms with Gasteiger partial charge in [-0.3, -0.25) is 10.1 Å². The molecule has 0 amide bonds. The molecule has 0 aliphatic heterocycles. The lowest BCUT2D eigenvalue weighted by atomic mass is 9.85. The lowest BCUT2D eigenvalue weighted by molar-refractivity contribution is 0.402. The van der Waals surface area contributed by atoms with Crippen LogP contribution in [0.25, 0.3) is 11.4 Å². The first-order valence-corrected chi connectivity index (χ1v) is 5.26. The van der Waals surface area contributed by atoms with E-state index in [9.17, 15) is 0 Å². The number of nitrogens with one attached hydrogen (secondary N) is 1. The van der Waals surface area contributed by atoms with Crippen LogP contribution in [0.4, 0.5) is 0 Å². The quantitative estimate of drug-likeness (QED) is 0.808. The zero-order chi connectivity index (χ0) is 10.1. The summed E-state index contributed by atoms with van der Waals surface area (Å²) in [5.74, 6) is 2.38. The summed E-state index contributed by atoms with van der Waals surface area (Å²) in [6.45, 7) is 0. The van der Waals surface area contributed by atoms with E-state index in [0.717, 1.165) is 17.2 Å². The van der Waals surface area contributed by atoms with Gasteiger partial charge in [0, 0.05) is 23.9 Å². The van der Waals surface area contributed by atoms with Gasteiger partial charge >= 0.3 is 0 Å². The molecule has 0 radical (unpaired) electrons. The maximum atomic E-state index is 4.50. The van der Waals surface area contributed by atoms with Crippen molar-refractivity contribution in [3.05, 3.63) is 30.4 Å². The van der Waals surface area contributed by atoms with Crippen LogP contribution in [-0.4, -0.2) is 20.2 Å². The monoisotopic (exact) mass is 200 g/mol. The lowest BCUT2D eigenvalue weighted by Crippen LogP contribution is -2.10. The van der Waals surface area contributed by atoms with Gasteiger partial charge in [-0.25, -0.2) is 4.98 Å². The molecule has 0 atom stereocenters. The normalized spacial score (nSPS) is 16.3. The molecule has 1 fully saturated rings. The fourth-order valence-electron chi connectivity index (χ4n) is 1.76. The van der Waals surface area contributed by atoms with Gasteiger partial charge in [0.15, 0.2) is 5.82 Å². The molecule has 0 spiro atoms. The summed E-state index contributed by atoms with van der Waals surface area (Å²) >= 11 is 0. The Balaban J connectivity index is 1.90. The van der Waals surface area contributed by atoms with Crippen LogP contribution < -0.4 is 0 Å². The number of nitrogens with zero attached hydrogens (tertiary/aromatic N) is 3. The molecule has 0 saturated heterocycles. The molecule has 2 heterocycles. The summed E-state index contributed by atoms with van der Waals surface area (Å²) in [6.07, 6.45) is 7.33. The Kier molecular flexibility index (Phi) is 1.98. The van der Waals surface area contributed by atoms with E-state index in [1.54, 1.807) is 12.4 Å². The van der Waals surface area contributed by atoms with Gasteiger partial charge in [0.2, 0.25) is 0 Å². The van der Waals surface area contributed by atoms with Crippen molar-refractivity contribution in [3.63, 3.8) is 0 Å². The van der Waals surface area contributed by atoms with Gasteiger partial charge < -0.3 is 0 Å². The Bertz CT molecular complexity index is 445. The predicted octanol–water partition coefficient (Wildman–Crippen LogP) is 2.13. The third-order valence-corrected chi connectivity index (χ3v) is 2.91. The van der Waals surface area contributed by atoms with Crippen LogP contribution in [0.2, 0.25) is 0 Å². The molecule has 2 aromatic heterocycles. The number of aromatic amines is 1. The molecule has 1 N–H and O–H groups in total. The maximum Gasteiger partial charge on any atom is 0.182 e. The summed E-state index contributed by atoms with van der Waals surface area (Å²) in [7, 11) is 0. The van der Waals surface area contributed by atoms with E-state index < -0.39 is 0 Å². The van der Waals surface area contributed by atoms with E-state index in [4.69, 9.17) is 0 Å². The highest BCUT2D eigenvalue weighted by Gasteiger charge is 2.23. The zero-order valence-electron chi connectivity index (χ0n) is 8.35. The number of rotatable bonds is 2. The van der Waals surface area contributed by atoms with E-state index in [-0.39, 0.29) is 0 Å².